The van der Waals surface area contributed by atoms with Gasteiger partial charge in [-0.15, -0.1) is 0 Å². The van der Waals surface area contributed by atoms with Gasteiger partial charge < -0.3 is 15.3 Å². The van der Waals surface area contributed by atoms with Gasteiger partial charge in [0.2, 0.25) is 10.0 Å². The van der Waals surface area contributed by atoms with Gasteiger partial charge in [-0.05, 0) is 18.6 Å². The fraction of sp³-hybridized carbons (Fsp3) is 0.600. The van der Waals surface area contributed by atoms with E-state index >= 15 is 0 Å². The molecule has 2 aliphatic rings. The first-order valence-corrected chi connectivity index (χ1v) is 9.11. The Labute approximate surface area is 135 Å². The van der Waals surface area contributed by atoms with Gasteiger partial charge >= 0.3 is 0 Å². The van der Waals surface area contributed by atoms with Crippen molar-refractivity contribution in [1.82, 2.24) is 9.21 Å². The summed E-state index contributed by atoms with van der Waals surface area (Å²) in [6.45, 7) is 1.02. The molecule has 0 amide bonds. The van der Waals surface area contributed by atoms with E-state index in [0.717, 1.165) is 0 Å². The Kier molecular flexibility index (Phi) is 4.47. The highest BCUT2D eigenvalue weighted by Gasteiger charge is 2.47. The maximum Gasteiger partial charge on any atom is 0.243 e. The van der Waals surface area contributed by atoms with Crippen LogP contribution in [0.2, 0.25) is 0 Å². The van der Waals surface area contributed by atoms with E-state index in [1.54, 1.807) is 18.2 Å². The van der Waals surface area contributed by atoms with E-state index in [9.17, 15) is 23.7 Å². The second kappa shape index (κ2) is 6.12. The van der Waals surface area contributed by atoms with Gasteiger partial charge in [-0.1, -0.05) is 18.2 Å². The lowest BCUT2D eigenvalue weighted by Crippen LogP contribution is -2.66. The summed E-state index contributed by atoms with van der Waals surface area (Å²) in [4.78, 5) is 1.99. The monoisotopic (exact) mass is 342 g/mol. The molecular weight excluding hydrogens is 320 g/mol. The molecule has 2 aliphatic heterocycles. The predicted molar refractivity (Wildman–Crippen MR) is 83.2 cm³/mol. The van der Waals surface area contributed by atoms with Crippen LogP contribution in [-0.2, 0) is 10.0 Å². The van der Waals surface area contributed by atoms with Crippen LogP contribution in [0.25, 0.3) is 0 Å². The van der Waals surface area contributed by atoms with Crippen molar-refractivity contribution in [3.63, 3.8) is 0 Å². The topological polar surface area (TPSA) is 101 Å². The zero-order valence-corrected chi connectivity index (χ0v) is 13.6. The molecule has 0 saturated carbocycles. The van der Waals surface area contributed by atoms with Gasteiger partial charge in [0.05, 0.1) is 17.1 Å². The standard InChI is InChI=1S/C15H22N2O5S/c18-12-8-16(9-12)10-15(20)11-17(7-6-14(15)19)23(21,22)13-4-2-1-3-5-13/h1-5,12,14,18-20H,6-11H2/t14-,15+/m0/s1. The normalized spacial score (nSPS) is 31.0. The maximum absolute atomic E-state index is 12.7. The first-order valence-electron chi connectivity index (χ1n) is 7.67. The van der Waals surface area contributed by atoms with Crippen LogP contribution in [0, 0.1) is 0 Å². The predicted octanol–water partition coefficient (Wildman–Crippen LogP) is -1.15. The van der Waals surface area contributed by atoms with Crippen molar-refractivity contribution in [3.05, 3.63) is 30.3 Å². The average Bonchev–Trinajstić information content (AvgIpc) is 2.49. The van der Waals surface area contributed by atoms with Gasteiger partial charge in [-0.2, -0.15) is 4.31 Å². The number of piperidine rings is 1. The highest BCUT2D eigenvalue weighted by Crippen LogP contribution is 2.28. The minimum absolute atomic E-state index is 0.145. The number of benzene rings is 1. The third-order valence-corrected chi connectivity index (χ3v) is 6.40. The van der Waals surface area contributed by atoms with E-state index in [2.05, 4.69) is 0 Å². The number of nitrogens with zero attached hydrogens (tertiary/aromatic N) is 2. The Morgan fingerprint density at radius 3 is 2.43 bits per heavy atom. The van der Waals surface area contributed by atoms with Gasteiger partial charge in [0.1, 0.15) is 5.60 Å². The van der Waals surface area contributed by atoms with Crippen LogP contribution in [0.15, 0.2) is 35.2 Å². The molecule has 2 heterocycles. The summed E-state index contributed by atoms with van der Waals surface area (Å²) in [5.74, 6) is 0. The molecular formula is C15H22N2O5S. The van der Waals surface area contributed by atoms with Crippen LogP contribution in [0.5, 0.6) is 0 Å². The summed E-state index contributed by atoms with van der Waals surface area (Å²) in [5, 5.41) is 30.3. The first kappa shape index (κ1) is 16.8. The van der Waals surface area contributed by atoms with Crippen LogP contribution in [-0.4, -0.2) is 83.5 Å². The Bertz CT molecular complexity index is 647. The summed E-state index contributed by atoms with van der Waals surface area (Å²) in [7, 11) is -3.70. The van der Waals surface area contributed by atoms with Crippen LogP contribution in [0.4, 0.5) is 0 Å². The number of β-amino-alcohol motifs (C(OH)–C–C–N with tert-alkyl or cyclic N) is 2. The Balaban J connectivity index is 1.77. The van der Waals surface area contributed by atoms with Crippen LogP contribution < -0.4 is 0 Å². The minimum atomic E-state index is -3.70. The van der Waals surface area contributed by atoms with Gasteiger partial charge in [0.25, 0.3) is 0 Å². The highest BCUT2D eigenvalue weighted by atomic mass is 32.2. The number of aliphatic hydroxyl groups excluding tert-OH is 2. The lowest BCUT2D eigenvalue weighted by Gasteiger charge is -2.47. The molecule has 0 unspecified atom stereocenters. The van der Waals surface area contributed by atoms with Crippen LogP contribution in [0.3, 0.4) is 0 Å². The molecule has 0 aliphatic carbocycles. The fourth-order valence-corrected chi connectivity index (χ4v) is 4.72. The quantitative estimate of drug-likeness (QED) is 0.639. The average molecular weight is 342 g/mol. The zero-order chi connectivity index (χ0) is 16.7. The molecule has 2 atom stereocenters. The lowest BCUT2D eigenvalue weighted by atomic mass is 9.89. The van der Waals surface area contributed by atoms with E-state index in [-0.39, 0.29) is 31.0 Å². The number of likely N-dealkylation sites (tertiary alicyclic amines) is 1. The molecule has 1 aromatic carbocycles. The molecule has 2 saturated heterocycles. The number of rotatable bonds is 4. The van der Waals surface area contributed by atoms with Crippen LogP contribution in [0.1, 0.15) is 6.42 Å². The smallest absolute Gasteiger partial charge is 0.243 e. The van der Waals surface area contributed by atoms with E-state index in [1.807, 2.05) is 4.90 Å². The van der Waals surface area contributed by atoms with Crippen molar-refractivity contribution < 1.29 is 23.7 Å². The second-order valence-electron chi connectivity index (χ2n) is 6.41. The molecule has 2 fully saturated rings. The largest absolute Gasteiger partial charge is 0.390 e. The molecule has 0 spiro atoms. The van der Waals surface area contributed by atoms with Gasteiger partial charge in [0, 0.05) is 32.7 Å². The first-order chi connectivity index (χ1) is 10.8. The molecule has 8 heteroatoms. The lowest BCUT2D eigenvalue weighted by molar-refractivity contribution is -0.138. The van der Waals surface area contributed by atoms with Gasteiger partial charge in [0.15, 0.2) is 0 Å². The van der Waals surface area contributed by atoms with Crippen molar-refractivity contribution in [2.75, 3.05) is 32.7 Å². The summed E-state index contributed by atoms with van der Waals surface area (Å²) < 4.78 is 26.6. The van der Waals surface area contributed by atoms with Crippen molar-refractivity contribution in [2.45, 2.75) is 29.1 Å². The number of aliphatic hydroxyl groups is 3. The summed E-state index contributed by atoms with van der Waals surface area (Å²) in [6, 6.07) is 8.08. The van der Waals surface area contributed by atoms with E-state index in [1.165, 1.54) is 16.4 Å². The van der Waals surface area contributed by atoms with Crippen molar-refractivity contribution in [1.29, 1.82) is 0 Å². The number of hydrogen-bond acceptors (Lipinski definition) is 6. The molecule has 23 heavy (non-hydrogen) atoms. The minimum Gasteiger partial charge on any atom is -0.390 e. The second-order valence-corrected chi connectivity index (χ2v) is 8.35. The molecule has 0 aromatic heterocycles. The fourth-order valence-electron chi connectivity index (χ4n) is 3.19. The Morgan fingerprint density at radius 2 is 1.83 bits per heavy atom. The van der Waals surface area contributed by atoms with Gasteiger partial charge in [-0.3, -0.25) is 4.90 Å². The van der Waals surface area contributed by atoms with Gasteiger partial charge in [-0.25, -0.2) is 8.42 Å². The third-order valence-electron chi connectivity index (χ3n) is 4.54. The highest BCUT2D eigenvalue weighted by molar-refractivity contribution is 7.89. The Morgan fingerprint density at radius 1 is 1.17 bits per heavy atom. The van der Waals surface area contributed by atoms with Crippen LogP contribution >= 0.6 is 0 Å². The van der Waals surface area contributed by atoms with Crippen molar-refractivity contribution >= 4 is 10.0 Å². The molecule has 3 N–H and O–H groups in total. The summed E-state index contributed by atoms with van der Waals surface area (Å²) in [6.07, 6.45) is -1.22. The van der Waals surface area contributed by atoms with E-state index < -0.39 is 27.8 Å². The summed E-state index contributed by atoms with van der Waals surface area (Å²) >= 11 is 0. The molecule has 0 bridgehead atoms. The van der Waals surface area contributed by atoms with Crippen molar-refractivity contribution in [3.8, 4) is 0 Å². The van der Waals surface area contributed by atoms with Crippen molar-refractivity contribution in [2.24, 2.45) is 0 Å². The maximum atomic E-state index is 12.7. The molecule has 7 nitrogen and oxygen atoms in total. The third kappa shape index (κ3) is 3.28. The molecule has 0 radical (unpaired) electrons. The number of hydrogen-bond donors (Lipinski definition) is 3. The summed E-state index contributed by atoms with van der Waals surface area (Å²) in [5.41, 5.74) is -1.53. The zero-order valence-electron chi connectivity index (χ0n) is 12.7. The Hall–Kier alpha value is -1.03. The SMILES string of the molecule is O=S(=O)(c1ccccc1)N1CC[C@H](O)[C@@](O)(CN2CC(O)C2)C1. The number of sulfonamides is 1. The molecule has 128 valence electrons. The van der Waals surface area contributed by atoms with E-state index in [0.29, 0.717) is 13.1 Å². The van der Waals surface area contributed by atoms with E-state index in [4.69, 9.17) is 0 Å². The molecule has 3 rings (SSSR count). The molecule has 1 aromatic rings.